The van der Waals surface area contributed by atoms with Gasteiger partial charge in [-0.15, -0.1) is 0 Å². The predicted octanol–water partition coefficient (Wildman–Crippen LogP) is -0.389. The SMILES string of the molecule is NC(=O)C[C@@H]1NC(=O)C2(CCCCC2)NC(=O)[C@@H](c2ccc(CP(=O)(O)O)cc2)NC(=O)CCCNC1=O. The molecule has 2 fully saturated rings. The quantitative estimate of drug-likeness (QED) is 0.239. The van der Waals surface area contributed by atoms with Crippen LogP contribution in [0.4, 0.5) is 0 Å². The van der Waals surface area contributed by atoms with Crippen molar-refractivity contribution in [1.29, 1.82) is 0 Å². The molecular weight excluding hydrogens is 517 g/mol. The summed E-state index contributed by atoms with van der Waals surface area (Å²) in [7, 11) is -4.30. The number of rotatable bonds is 5. The molecule has 208 valence electrons. The molecule has 1 aliphatic carbocycles. The van der Waals surface area contributed by atoms with Crippen molar-refractivity contribution in [2.75, 3.05) is 6.54 Å². The topological polar surface area (TPSA) is 217 Å². The maximum atomic E-state index is 13.6. The van der Waals surface area contributed by atoms with Crippen LogP contribution >= 0.6 is 7.60 Å². The lowest BCUT2D eigenvalue weighted by Crippen LogP contribution is -2.64. The smallest absolute Gasteiger partial charge is 0.329 e. The second-order valence-corrected chi connectivity index (χ2v) is 11.4. The molecule has 1 aromatic carbocycles. The van der Waals surface area contributed by atoms with Crippen LogP contribution < -0.4 is 27.0 Å². The first-order chi connectivity index (χ1) is 17.9. The molecule has 0 unspecified atom stereocenters. The van der Waals surface area contributed by atoms with Gasteiger partial charge >= 0.3 is 7.60 Å². The summed E-state index contributed by atoms with van der Waals surface area (Å²) in [5.41, 5.74) is 4.64. The van der Waals surface area contributed by atoms with Crippen LogP contribution in [0, 0.1) is 0 Å². The Hall–Kier alpha value is -3.28. The van der Waals surface area contributed by atoms with E-state index >= 15 is 0 Å². The molecule has 14 heteroatoms. The molecule has 38 heavy (non-hydrogen) atoms. The fourth-order valence-corrected chi connectivity index (χ4v) is 5.44. The predicted molar refractivity (Wildman–Crippen MR) is 135 cm³/mol. The monoisotopic (exact) mass is 551 g/mol. The van der Waals surface area contributed by atoms with Gasteiger partial charge in [0.05, 0.1) is 12.6 Å². The third-order valence-corrected chi connectivity index (χ3v) is 7.46. The van der Waals surface area contributed by atoms with E-state index in [4.69, 9.17) is 5.73 Å². The zero-order valence-corrected chi connectivity index (χ0v) is 21.8. The lowest BCUT2D eigenvalue weighted by atomic mass is 9.80. The van der Waals surface area contributed by atoms with Crippen molar-refractivity contribution >= 4 is 37.1 Å². The number of nitrogens with two attached hydrogens (primary N) is 1. The van der Waals surface area contributed by atoms with E-state index in [1.54, 1.807) is 0 Å². The third kappa shape index (κ3) is 8.11. The van der Waals surface area contributed by atoms with E-state index in [1.807, 2.05) is 0 Å². The van der Waals surface area contributed by atoms with Crippen molar-refractivity contribution < 1.29 is 38.3 Å². The minimum atomic E-state index is -4.30. The first kappa shape index (κ1) is 29.3. The van der Waals surface area contributed by atoms with E-state index < -0.39 is 67.3 Å². The van der Waals surface area contributed by atoms with Crippen molar-refractivity contribution in [1.82, 2.24) is 21.3 Å². The Morgan fingerprint density at radius 1 is 0.974 bits per heavy atom. The molecule has 0 bridgehead atoms. The summed E-state index contributed by atoms with van der Waals surface area (Å²) in [6, 6.07) is 3.51. The number of hydrogen-bond donors (Lipinski definition) is 7. The van der Waals surface area contributed by atoms with Gasteiger partial charge in [-0.1, -0.05) is 43.5 Å². The number of hydrogen-bond acceptors (Lipinski definition) is 6. The molecule has 1 aliphatic heterocycles. The first-order valence-electron chi connectivity index (χ1n) is 12.5. The summed E-state index contributed by atoms with van der Waals surface area (Å²) < 4.78 is 11.3. The lowest BCUT2D eigenvalue weighted by Gasteiger charge is -2.38. The molecule has 1 aromatic rings. The summed E-state index contributed by atoms with van der Waals surface area (Å²) >= 11 is 0. The summed E-state index contributed by atoms with van der Waals surface area (Å²) in [6.07, 6.45) is 2.01. The number of carbonyl (C=O) groups excluding carboxylic acids is 5. The average Bonchev–Trinajstić information content (AvgIpc) is 2.84. The molecular formula is C24H34N5O8P. The maximum absolute atomic E-state index is 13.6. The van der Waals surface area contributed by atoms with Crippen LogP contribution in [0.3, 0.4) is 0 Å². The van der Waals surface area contributed by atoms with Gasteiger partial charge in [0, 0.05) is 13.0 Å². The fraction of sp³-hybridized carbons (Fsp3) is 0.542. The van der Waals surface area contributed by atoms with Gasteiger partial charge in [0.1, 0.15) is 17.6 Å². The van der Waals surface area contributed by atoms with Crippen LogP contribution in [-0.4, -0.2) is 57.4 Å². The third-order valence-electron chi connectivity index (χ3n) is 6.68. The molecule has 2 aliphatic rings. The van der Waals surface area contributed by atoms with Crippen molar-refractivity contribution in [3.05, 3.63) is 35.4 Å². The summed E-state index contributed by atoms with van der Waals surface area (Å²) in [5, 5.41) is 10.7. The van der Waals surface area contributed by atoms with Crippen molar-refractivity contribution in [2.45, 2.75) is 75.2 Å². The fourth-order valence-electron chi connectivity index (χ4n) is 4.75. The highest BCUT2D eigenvalue weighted by Gasteiger charge is 2.44. The Balaban J connectivity index is 1.94. The number of benzene rings is 1. The maximum Gasteiger partial charge on any atom is 0.329 e. The number of amides is 5. The minimum Gasteiger partial charge on any atom is -0.370 e. The van der Waals surface area contributed by atoms with Crippen LogP contribution in [0.5, 0.6) is 0 Å². The Morgan fingerprint density at radius 2 is 1.63 bits per heavy atom. The first-order valence-corrected chi connectivity index (χ1v) is 14.3. The van der Waals surface area contributed by atoms with E-state index in [0.29, 0.717) is 24.0 Å². The molecule has 0 radical (unpaired) electrons. The molecule has 3 rings (SSSR count). The van der Waals surface area contributed by atoms with Crippen LogP contribution in [0.25, 0.3) is 0 Å². The Labute approximate surface area is 219 Å². The highest BCUT2D eigenvalue weighted by Crippen LogP contribution is 2.39. The van der Waals surface area contributed by atoms with E-state index in [9.17, 15) is 38.3 Å². The second kappa shape index (κ2) is 12.5. The Morgan fingerprint density at radius 3 is 2.24 bits per heavy atom. The highest BCUT2D eigenvalue weighted by atomic mass is 31.2. The van der Waals surface area contributed by atoms with Crippen LogP contribution in [-0.2, 0) is 34.7 Å². The van der Waals surface area contributed by atoms with Crippen molar-refractivity contribution in [3.63, 3.8) is 0 Å². The Kier molecular flexibility index (Phi) is 9.64. The molecule has 5 amide bonds. The molecule has 0 aromatic heterocycles. The van der Waals surface area contributed by atoms with Crippen LogP contribution in [0.2, 0.25) is 0 Å². The molecule has 8 N–H and O–H groups in total. The summed E-state index contributed by atoms with van der Waals surface area (Å²) in [6.45, 7) is 0.0937. The second-order valence-electron chi connectivity index (χ2n) is 9.79. The zero-order valence-electron chi connectivity index (χ0n) is 20.9. The zero-order chi connectivity index (χ0) is 27.9. The number of primary amides is 1. The average molecular weight is 552 g/mol. The normalized spacial score (nSPS) is 23.4. The van der Waals surface area contributed by atoms with Crippen LogP contribution in [0.1, 0.15) is 68.5 Å². The largest absolute Gasteiger partial charge is 0.370 e. The van der Waals surface area contributed by atoms with Gasteiger partial charge in [0.25, 0.3) is 0 Å². The molecule has 2 atom stereocenters. The van der Waals surface area contributed by atoms with E-state index in [0.717, 1.165) is 6.42 Å². The Bertz CT molecular complexity index is 1110. The van der Waals surface area contributed by atoms with Gasteiger partial charge in [-0.2, -0.15) is 0 Å². The molecule has 1 heterocycles. The van der Waals surface area contributed by atoms with Gasteiger partial charge in [-0.25, -0.2) is 0 Å². The molecule has 1 spiro atoms. The van der Waals surface area contributed by atoms with Crippen LogP contribution in [0.15, 0.2) is 24.3 Å². The molecule has 1 saturated heterocycles. The van der Waals surface area contributed by atoms with Crippen molar-refractivity contribution in [2.24, 2.45) is 5.73 Å². The lowest BCUT2D eigenvalue weighted by molar-refractivity contribution is -0.139. The molecule has 13 nitrogen and oxygen atoms in total. The van der Waals surface area contributed by atoms with E-state index in [1.165, 1.54) is 24.3 Å². The van der Waals surface area contributed by atoms with Gasteiger partial charge < -0.3 is 36.8 Å². The summed E-state index contributed by atoms with van der Waals surface area (Å²) in [4.78, 5) is 82.5. The number of nitrogens with one attached hydrogen (secondary N) is 4. The van der Waals surface area contributed by atoms with Gasteiger partial charge in [-0.3, -0.25) is 28.5 Å². The minimum absolute atomic E-state index is 0.0155. The molecule has 1 saturated carbocycles. The highest BCUT2D eigenvalue weighted by molar-refractivity contribution is 7.50. The summed E-state index contributed by atoms with van der Waals surface area (Å²) in [5.74, 6) is -3.13. The number of carbonyl (C=O) groups is 5. The van der Waals surface area contributed by atoms with E-state index in [2.05, 4.69) is 21.3 Å². The standard InChI is InChI=1S/C24H34N5O8P/c25-18(30)13-17-21(32)26-12-4-5-19(31)28-20(16-8-6-15(7-9-16)14-38(35,36)37)22(33)29-24(23(34)27-17)10-2-1-3-11-24/h6-9,17,20H,1-5,10-14H2,(H2,25,30)(H,26,32)(H,27,34)(H,28,31)(H,29,33)(H2,35,36,37)/t17-,20+/m0/s1. The van der Waals surface area contributed by atoms with E-state index in [-0.39, 0.29) is 32.2 Å². The van der Waals surface area contributed by atoms with Crippen molar-refractivity contribution in [3.8, 4) is 0 Å². The van der Waals surface area contributed by atoms with Gasteiger partial charge in [-0.05, 0) is 30.4 Å². The van der Waals surface area contributed by atoms with Gasteiger partial charge in [0.15, 0.2) is 0 Å². The van der Waals surface area contributed by atoms with Gasteiger partial charge in [0.2, 0.25) is 29.5 Å².